The number of fused-ring (bicyclic) bond motifs is 1. The van der Waals surface area contributed by atoms with Crippen LogP contribution in [0, 0.1) is 0 Å². The van der Waals surface area contributed by atoms with E-state index in [1.54, 1.807) is 18.2 Å². The van der Waals surface area contributed by atoms with Crippen molar-refractivity contribution in [2.45, 2.75) is 44.9 Å². The smallest absolute Gasteiger partial charge is 0.0898 e. The number of hydrogen-bond donors (Lipinski definition) is 2. The molecule has 0 bridgehead atoms. The summed E-state index contributed by atoms with van der Waals surface area (Å²) >= 11 is 12.5. The SMILES string of the molecule is CC(OC[C@H](O)CNC(C)(C)Cc1ccc2ccccc2c1)c1c(Cl)cccc1Cl. The van der Waals surface area contributed by atoms with E-state index in [-0.39, 0.29) is 18.2 Å². The maximum Gasteiger partial charge on any atom is 0.0898 e. The Morgan fingerprint density at radius 2 is 1.63 bits per heavy atom. The maximum atomic E-state index is 10.4. The molecule has 3 aromatic rings. The van der Waals surface area contributed by atoms with Gasteiger partial charge in [-0.2, -0.15) is 0 Å². The normalized spacial score (nSPS) is 14.1. The molecule has 0 saturated heterocycles. The monoisotopic (exact) mass is 445 g/mol. The van der Waals surface area contributed by atoms with Gasteiger partial charge in [0.1, 0.15) is 0 Å². The lowest BCUT2D eigenvalue weighted by Crippen LogP contribution is -2.46. The van der Waals surface area contributed by atoms with Gasteiger partial charge in [-0.15, -0.1) is 0 Å². The molecule has 1 unspecified atom stereocenters. The fourth-order valence-corrected chi connectivity index (χ4v) is 4.32. The van der Waals surface area contributed by atoms with Crippen molar-refractivity contribution in [2.24, 2.45) is 0 Å². The maximum absolute atomic E-state index is 10.4. The predicted octanol–water partition coefficient (Wildman–Crippen LogP) is 6.20. The zero-order valence-electron chi connectivity index (χ0n) is 17.7. The summed E-state index contributed by atoms with van der Waals surface area (Å²) in [5.41, 5.74) is 1.85. The highest BCUT2D eigenvalue weighted by molar-refractivity contribution is 6.36. The first-order valence-electron chi connectivity index (χ1n) is 10.2. The Balaban J connectivity index is 1.50. The Kier molecular flexibility index (Phi) is 7.78. The number of nitrogens with one attached hydrogen (secondary N) is 1. The molecule has 3 rings (SSSR count). The summed E-state index contributed by atoms with van der Waals surface area (Å²) in [4.78, 5) is 0. The second-order valence-electron chi connectivity index (χ2n) is 8.39. The molecule has 3 aromatic carbocycles. The molecule has 2 N–H and O–H groups in total. The van der Waals surface area contributed by atoms with Crippen LogP contribution < -0.4 is 5.32 Å². The number of aliphatic hydroxyl groups excluding tert-OH is 1. The van der Waals surface area contributed by atoms with Crippen LogP contribution in [-0.2, 0) is 11.2 Å². The first-order chi connectivity index (χ1) is 14.2. The average Bonchev–Trinajstić information content (AvgIpc) is 2.70. The Hall–Kier alpha value is -1.62. The van der Waals surface area contributed by atoms with Gasteiger partial charge in [0.05, 0.1) is 18.8 Å². The largest absolute Gasteiger partial charge is 0.389 e. The molecule has 0 aliphatic carbocycles. The number of ether oxygens (including phenoxy) is 1. The number of hydrogen-bond acceptors (Lipinski definition) is 3. The third kappa shape index (κ3) is 6.19. The third-order valence-corrected chi connectivity index (χ3v) is 5.88. The van der Waals surface area contributed by atoms with Gasteiger partial charge in [-0.3, -0.25) is 0 Å². The lowest BCUT2D eigenvalue weighted by molar-refractivity contribution is -0.00410. The summed E-state index contributed by atoms with van der Waals surface area (Å²) in [5.74, 6) is 0. The van der Waals surface area contributed by atoms with Crippen LogP contribution >= 0.6 is 23.2 Å². The van der Waals surface area contributed by atoms with Gasteiger partial charge in [0.2, 0.25) is 0 Å². The highest BCUT2D eigenvalue weighted by Crippen LogP contribution is 2.32. The third-order valence-electron chi connectivity index (χ3n) is 5.22. The zero-order chi connectivity index (χ0) is 21.7. The molecule has 0 heterocycles. The summed E-state index contributed by atoms with van der Waals surface area (Å²) in [5, 5.41) is 17.5. The van der Waals surface area contributed by atoms with E-state index in [1.807, 2.05) is 6.92 Å². The number of benzene rings is 3. The molecule has 160 valence electrons. The summed E-state index contributed by atoms with van der Waals surface area (Å²) in [6, 6.07) is 20.3. The molecule has 0 radical (unpaired) electrons. The highest BCUT2D eigenvalue weighted by atomic mass is 35.5. The molecule has 0 aromatic heterocycles. The van der Waals surface area contributed by atoms with Crippen LogP contribution in [-0.4, -0.2) is 29.9 Å². The summed E-state index contributed by atoms with van der Waals surface area (Å²) in [7, 11) is 0. The van der Waals surface area contributed by atoms with E-state index in [1.165, 1.54) is 16.3 Å². The van der Waals surface area contributed by atoms with Crippen molar-refractivity contribution in [3.05, 3.63) is 81.8 Å². The second kappa shape index (κ2) is 10.1. The second-order valence-corrected chi connectivity index (χ2v) is 9.20. The van der Waals surface area contributed by atoms with Crippen molar-refractivity contribution >= 4 is 34.0 Å². The van der Waals surface area contributed by atoms with Crippen LogP contribution in [0.1, 0.15) is 38.0 Å². The quantitative estimate of drug-likeness (QED) is 0.412. The van der Waals surface area contributed by atoms with E-state index in [4.69, 9.17) is 27.9 Å². The number of β-amino-alcohol motifs (C(OH)–C–C–N with tert-alkyl or cyclic N) is 1. The molecule has 0 amide bonds. The van der Waals surface area contributed by atoms with Gasteiger partial charge in [-0.05, 0) is 55.7 Å². The average molecular weight is 446 g/mol. The summed E-state index contributed by atoms with van der Waals surface area (Å²) in [6.07, 6.45) is -0.0760. The van der Waals surface area contributed by atoms with Crippen molar-refractivity contribution in [1.29, 1.82) is 0 Å². The molecule has 0 aliphatic heterocycles. The Labute approximate surface area is 189 Å². The Morgan fingerprint density at radius 1 is 0.967 bits per heavy atom. The summed E-state index contributed by atoms with van der Waals surface area (Å²) in [6.45, 7) is 6.80. The molecule has 0 spiro atoms. The van der Waals surface area contributed by atoms with Gasteiger partial charge in [0, 0.05) is 27.7 Å². The van der Waals surface area contributed by atoms with Crippen LogP contribution in [0.5, 0.6) is 0 Å². The molecule has 3 nitrogen and oxygen atoms in total. The Bertz CT molecular complexity index is 970. The van der Waals surface area contributed by atoms with Crippen molar-refractivity contribution in [2.75, 3.05) is 13.2 Å². The lowest BCUT2D eigenvalue weighted by atomic mass is 9.93. The highest BCUT2D eigenvalue weighted by Gasteiger charge is 2.21. The van der Waals surface area contributed by atoms with Crippen molar-refractivity contribution in [3.8, 4) is 0 Å². The van der Waals surface area contributed by atoms with Crippen LogP contribution in [0.2, 0.25) is 10.0 Å². The fraction of sp³-hybridized carbons (Fsp3) is 0.360. The molecule has 2 atom stereocenters. The van der Waals surface area contributed by atoms with Gasteiger partial charge < -0.3 is 15.2 Å². The van der Waals surface area contributed by atoms with Crippen molar-refractivity contribution in [3.63, 3.8) is 0 Å². The van der Waals surface area contributed by atoms with E-state index in [9.17, 15) is 5.11 Å². The van der Waals surface area contributed by atoms with Gasteiger partial charge >= 0.3 is 0 Å². The number of rotatable bonds is 9. The first kappa shape index (κ1) is 23.1. The van der Waals surface area contributed by atoms with Crippen molar-refractivity contribution < 1.29 is 9.84 Å². The summed E-state index contributed by atoms with van der Waals surface area (Å²) < 4.78 is 5.82. The van der Waals surface area contributed by atoms with Gasteiger partial charge in [-0.1, -0.05) is 71.7 Å². The molecule has 30 heavy (non-hydrogen) atoms. The van der Waals surface area contributed by atoms with E-state index in [0.717, 1.165) is 12.0 Å². The van der Waals surface area contributed by atoms with Gasteiger partial charge in [0.25, 0.3) is 0 Å². The molecule has 0 saturated carbocycles. The van der Waals surface area contributed by atoms with E-state index in [0.29, 0.717) is 16.6 Å². The number of aliphatic hydroxyl groups is 1. The van der Waals surface area contributed by atoms with Crippen LogP contribution in [0.4, 0.5) is 0 Å². The van der Waals surface area contributed by atoms with Gasteiger partial charge in [0.15, 0.2) is 0 Å². The van der Waals surface area contributed by atoms with Crippen LogP contribution in [0.25, 0.3) is 10.8 Å². The predicted molar refractivity (Wildman–Crippen MR) is 127 cm³/mol. The van der Waals surface area contributed by atoms with Gasteiger partial charge in [-0.25, -0.2) is 0 Å². The van der Waals surface area contributed by atoms with E-state index < -0.39 is 6.10 Å². The topological polar surface area (TPSA) is 41.5 Å². The molecular formula is C25H29Cl2NO2. The van der Waals surface area contributed by atoms with E-state index in [2.05, 4.69) is 61.6 Å². The molecular weight excluding hydrogens is 417 g/mol. The minimum Gasteiger partial charge on any atom is -0.389 e. The minimum absolute atomic E-state index is 0.166. The minimum atomic E-state index is -0.635. The molecule has 5 heteroatoms. The van der Waals surface area contributed by atoms with Crippen molar-refractivity contribution in [1.82, 2.24) is 5.32 Å². The van der Waals surface area contributed by atoms with E-state index >= 15 is 0 Å². The molecule has 0 fully saturated rings. The lowest BCUT2D eigenvalue weighted by Gasteiger charge is -2.28. The van der Waals surface area contributed by atoms with Crippen LogP contribution in [0.15, 0.2) is 60.7 Å². The molecule has 0 aliphatic rings. The first-order valence-corrected chi connectivity index (χ1v) is 11.0. The fourth-order valence-electron chi connectivity index (χ4n) is 3.61. The number of halogens is 2. The van der Waals surface area contributed by atoms with Crippen LogP contribution in [0.3, 0.4) is 0 Å². The Morgan fingerprint density at radius 3 is 2.33 bits per heavy atom. The zero-order valence-corrected chi connectivity index (χ0v) is 19.2. The standard InChI is InChI=1S/C25H29Cl2NO2/c1-17(24-22(26)9-6-10-23(24)27)30-16-21(29)15-28-25(2,3)14-18-11-12-19-7-4-5-8-20(19)13-18/h4-13,17,21,28-29H,14-16H2,1-3H3/t17?,21-/m1/s1.